The average Bonchev–Trinajstić information content (AvgIpc) is 3.05. The Labute approximate surface area is 143 Å². The molecule has 128 valence electrons. The maximum absolute atomic E-state index is 9.94. The van der Waals surface area contributed by atoms with E-state index < -0.39 is 0 Å². The Balaban J connectivity index is 1.38. The molecule has 1 aromatic heterocycles. The summed E-state index contributed by atoms with van der Waals surface area (Å²) in [6.45, 7) is 8.26. The third kappa shape index (κ3) is 2.97. The summed E-state index contributed by atoms with van der Waals surface area (Å²) in [6.07, 6.45) is 6.66. The van der Waals surface area contributed by atoms with Crippen LogP contribution in [0.2, 0.25) is 0 Å². The van der Waals surface area contributed by atoms with Gasteiger partial charge >= 0.3 is 0 Å². The Kier molecular flexibility index (Phi) is 4.47. The van der Waals surface area contributed by atoms with E-state index in [4.69, 9.17) is 0 Å². The molecule has 0 bridgehead atoms. The summed E-state index contributed by atoms with van der Waals surface area (Å²) in [7, 11) is 0. The molecule has 4 nitrogen and oxygen atoms in total. The van der Waals surface area contributed by atoms with Gasteiger partial charge in [0.2, 0.25) is 0 Å². The first kappa shape index (κ1) is 16.0. The zero-order valence-corrected chi connectivity index (χ0v) is 15.0. The Bertz CT molecular complexity index is 534. The highest BCUT2D eigenvalue weighted by Gasteiger charge is 2.49. The summed E-state index contributed by atoms with van der Waals surface area (Å²) in [4.78, 5) is 11.1. The molecule has 1 aromatic rings. The maximum Gasteiger partial charge on any atom is 0.0798 e. The van der Waals surface area contributed by atoms with E-state index in [9.17, 15) is 5.11 Å². The van der Waals surface area contributed by atoms with Crippen molar-refractivity contribution in [2.45, 2.75) is 51.6 Å². The molecule has 3 aliphatic rings. The first-order chi connectivity index (χ1) is 11.2. The number of piperidine rings is 1. The van der Waals surface area contributed by atoms with Crippen molar-refractivity contribution < 1.29 is 5.11 Å². The summed E-state index contributed by atoms with van der Waals surface area (Å²) in [6, 6.07) is 0.821. The number of hydrogen-bond acceptors (Lipinski definition) is 5. The normalized spacial score (nSPS) is 29.2. The van der Waals surface area contributed by atoms with Crippen LogP contribution < -0.4 is 0 Å². The highest BCUT2D eigenvalue weighted by Crippen LogP contribution is 2.47. The van der Waals surface area contributed by atoms with Crippen molar-refractivity contribution in [2.24, 2.45) is 11.3 Å². The lowest BCUT2D eigenvalue weighted by atomic mass is 9.71. The van der Waals surface area contributed by atoms with Gasteiger partial charge in [-0.3, -0.25) is 9.80 Å². The van der Waals surface area contributed by atoms with Crippen molar-refractivity contribution in [3.05, 3.63) is 16.1 Å². The van der Waals surface area contributed by atoms with Gasteiger partial charge in [0.05, 0.1) is 11.2 Å². The van der Waals surface area contributed by atoms with Gasteiger partial charge in [0.15, 0.2) is 0 Å². The number of rotatable bonds is 4. The molecule has 23 heavy (non-hydrogen) atoms. The maximum atomic E-state index is 9.94. The Morgan fingerprint density at radius 1 is 1.35 bits per heavy atom. The largest absolute Gasteiger partial charge is 0.396 e. The molecular weight excluding hydrogens is 306 g/mol. The summed E-state index contributed by atoms with van der Waals surface area (Å²) in [5.41, 5.74) is 3.54. The second kappa shape index (κ2) is 6.43. The van der Waals surface area contributed by atoms with Crippen LogP contribution in [0.5, 0.6) is 0 Å². The predicted octanol–water partition coefficient (Wildman–Crippen LogP) is 2.51. The molecule has 4 rings (SSSR count). The third-order valence-corrected chi connectivity index (χ3v) is 7.63. The van der Waals surface area contributed by atoms with Crippen LogP contribution in [-0.4, -0.2) is 58.7 Å². The number of thiazole rings is 1. The summed E-state index contributed by atoms with van der Waals surface area (Å²) in [5.74, 6) is 0.496. The lowest BCUT2D eigenvalue weighted by Gasteiger charge is -2.43. The van der Waals surface area contributed by atoms with Gasteiger partial charge in [0.25, 0.3) is 0 Å². The number of aliphatic hydroxyl groups is 1. The molecule has 1 unspecified atom stereocenters. The standard InChI is InChI=1S/C18H29N3OS/c1-14-17(23-13-19-14)10-20-7-5-18(6-8-20)12-21(9-15(18)11-22)16-3-2-4-16/h13,15-16,22H,2-12H2,1H3. The van der Waals surface area contributed by atoms with Gasteiger partial charge < -0.3 is 5.11 Å². The molecule has 1 N–H and O–H groups in total. The molecular formula is C18H29N3OS. The summed E-state index contributed by atoms with van der Waals surface area (Å²) in [5, 5.41) is 9.94. The van der Waals surface area contributed by atoms with Crippen molar-refractivity contribution in [3.63, 3.8) is 0 Å². The zero-order chi connectivity index (χ0) is 15.9. The molecule has 1 saturated carbocycles. The van der Waals surface area contributed by atoms with E-state index in [0.717, 1.165) is 19.1 Å². The molecule has 0 amide bonds. The number of likely N-dealkylation sites (tertiary alicyclic amines) is 2. The fraction of sp³-hybridized carbons (Fsp3) is 0.833. The fourth-order valence-corrected chi connectivity index (χ4v) is 5.58. The van der Waals surface area contributed by atoms with E-state index in [1.807, 2.05) is 5.51 Å². The van der Waals surface area contributed by atoms with Crippen LogP contribution in [0.4, 0.5) is 0 Å². The van der Waals surface area contributed by atoms with Crippen LogP contribution in [0.3, 0.4) is 0 Å². The Morgan fingerprint density at radius 2 is 2.13 bits per heavy atom. The lowest BCUT2D eigenvalue weighted by molar-refractivity contribution is 0.0457. The van der Waals surface area contributed by atoms with Crippen LogP contribution >= 0.6 is 11.3 Å². The van der Waals surface area contributed by atoms with Gasteiger partial charge in [0, 0.05) is 43.1 Å². The molecule has 0 aromatic carbocycles. The van der Waals surface area contributed by atoms with Gasteiger partial charge in [0.1, 0.15) is 0 Å². The monoisotopic (exact) mass is 335 g/mol. The molecule has 0 radical (unpaired) electrons. The topological polar surface area (TPSA) is 39.6 Å². The van der Waals surface area contributed by atoms with Gasteiger partial charge in [-0.15, -0.1) is 11.3 Å². The van der Waals surface area contributed by atoms with Crippen LogP contribution in [0.25, 0.3) is 0 Å². The Hall–Kier alpha value is -0.490. The quantitative estimate of drug-likeness (QED) is 0.918. The molecule has 3 fully saturated rings. The first-order valence-corrected chi connectivity index (χ1v) is 10.0. The summed E-state index contributed by atoms with van der Waals surface area (Å²) < 4.78 is 0. The van der Waals surface area contributed by atoms with Crippen molar-refractivity contribution in [2.75, 3.05) is 32.8 Å². The number of aryl methyl sites for hydroxylation is 1. The smallest absolute Gasteiger partial charge is 0.0798 e. The van der Waals surface area contributed by atoms with E-state index in [1.54, 1.807) is 11.3 Å². The van der Waals surface area contributed by atoms with E-state index in [2.05, 4.69) is 21.7 Å². The minimum atomic E-state index is 0.372. The van der Waals surface area contributed by atoms with Crippen molar-refractivity contribution in [1.29, 1.82) is 0 Å². The van der Waals surface area contributed by atoms with Crippen LogP contribution in [0.1, 0.15) is 42.7 Å². The molecule has 2 saturated heterocycles. The van der Waals surface area contributed by atoms with Crippen LogP contribution in [-0.2, 0) is 6.54 Å². The first-order valence-electron chi connectivity index (χ1n) is 9.16. The number of aromatic nitrogens is 1. The molecule has 3 heterocycles. The number of hydrogen-bond donors (Lipinski definition) is 1. The zero-order valence-electron chi connectivity index (χ0n) is 14.2. The predicted molar refractivity (Wildman–Crippen MR) is 93.6 cm³/mol. The molecule has 1 atom stereocenters. The van der Waals surface area contributed by atoms with Crippen LogP contribution in [0.15, 0.2) is 5.51 Å². The second-order valence-electron chi connectivity index (χ2n) is 7.89. The van der Waals surface area contributed by atoms with E-state index in [0.29, 0.717) is 17.9 Å². The van der Waals surface area contributed by atoms with Gasteiger partial charge in [-0.25, -0.2) is 4.98 Å². The van der Waals surface area contributed by atoms with E-state index >= 15 is 0 Å². The van der Waals surface area contributed by atoms with E-state index in [-0.39, 0.29) is 0 Å². The fourth-order valence-electron chi connectivity index (χ4n) is 4.76. The average molecular weight is 336 g/mol. The number of nitrogens with zero attached hydrogens (tertiary/aromatic N) is 3. The summed E-state index contributed by atoms with van der Waals surface area (Å²) >= 11 is 1.79. The second-order valence-corrected chi connectivity index (χ2v) is 8.83. The number of aliphatic hydroxyl groups excluding tert-OH is 1. The molecule has 1 spiro atoms. The van der Waals surface area contributed by atoms with Crippen molar-refractivity contribution >= 4 is 11.3 Å². The van der Waals surface area contributed by atoms with Gasteiger partial charge in [-0.2, -0.15) is 0 Å². The SMILES string of the molecule is Cc1ncsc1CN1CCC2(CC1)CN(C1CCC1)CC2CO. The minimum absolute atomic E-state index is 0.372. The highest BCUT2D eigenvalue weighted by atomic mass is 32.1. The highest BCUT2D eigenvalue weighted by molar-refractivity contribution is 7.09. The van der Waals surface area contributed by atoms with E-state index in [1.165, 1.54) is 62.3 Å². The van der Waals surface area contributed by atoms with Crippen molar-refractivity contribution in [1.82, 2.24) is 14.8 Å². The molecule has 2 aliphatic heterocycles. The van der Waals surface area contributed by atoms with Gasteiger partial charge in [-0.05, 0) is 51.1 Å². The molecule has 1 aliphatic carbocycles. The third-order valence-electron chi connectivity index (χ3n) is 6.71. The Morgan fingerprint density at radius 3 is 2.70 bits per heavy atom. The molecule has 5 heteroatoms. The lowest BCUT2D eigenvalue weighted by Crippen LogP contribution is -2.45. The van der Waals surface area contributed by atoms with Gasteiger partial charge in [-0.1, -0.05) is 6.42 Å². The minimum Gasteiger partial charge on any atom is -0.396 e. The van der Waals surface area contributed by atoms with Crippen LogP contribution in [0, 0.1) is 18.3 Å². The van der Waals surface area contributed by atoms with Crippen molar-refractivity contribution in [3.8, 4) is 0 Å².